The Morgan fingerprint density at radius 1 is 1.18 bits per heavy atom. The van der Waals surface area contributed by atoms with E-state index in [1.807, 2.05) is 7.05 Å². The third kappa shape index (κ3) is 3.47. The second-order valence-corrected chi connectivity index (χ2v) is 5.00. The Morgan fingerprint density at radius 3 is 2.35 bits per heavy atom. The highest BCUT2D eigenvalue weighted by Gasteiger charge is 2.13. The fraction of sp³-hybridized carbons (Fsp3) is 0.600. The Kier molecular flexibility index (Phi) is 5.01. The first-order valence-corrected chi connectivity index (χ1v) is 6.32. The van der Waals surface area contributed by atoms with Crippen molar-refractivity contribution >= 4 is 0 Å². The van der Waals surface area contributed by atoms with Crippen LogP contribution in [0.4, 0.5) is 0 Å². The second kappa shape index (κ2) is 6.06. The van der Waals surface area contributed by atoms with Crippen molar-refractivity contribution in [2.24, 2.45) is 0 Å². The van der Waals surface area contributed by atoms with Crippen molar-refractivity contribution in [1.82, 2.24) is 5.32 Å². The minimum Gasteiger partial charge on any atom is -0.496 e. The van der Waals surface area contributed by atoms with Gasteiger partial charge in [-0.2, -0.15) is 0 Å². The van der Waals surface area contributed by atoms with Gasteiger partial charge in [0, 0.05) is 6.04 Å². The molecule has 0 saturated carbocycles. The average molecular weight is 235 g/mol. The van der Waals surface area contributed by atoms with Gasteiger partial charge in [0.05, 0.1) is 7.11 Å². The van der Waals surface area contributed by atoms with Crippen LogP contribution in [0.25, 0.3) is 0 Å². The first-order chi connectivity index (χ1) is 7.99. The number of rotatable bonds is 5. The van der Waals surface area contributed by atoms with Gasteiger partial charge in [-0.25, -0.2) is 0 Å². The van der Waals surface area contributed by atoms with E-state index in [0.29, 0.717) is 12.0 Å². The van der Waals surface area contributed by atoms with Crippen molar-refractivity contribution < 1.29 is 4.74 Å². The number of hydrogen-bond acceptors (Lipinski definition) is 2. The monoisotopic (exact) mass is 235 g/mol. The Hall–Kier alpha value is -1.02. The molecule has 0 heterocycles. The molecule has 0 fully saturated rings. The van der Waals surface area contributed by atoms with Crippen LogP contribution in [-0.4, -0.2) is 20.2 Å². The van der Waals surface area contributed by atoms with E-state index in [1.165, 1.54) is 16.7 Å². The zero-order chi connectivity index (χ0) is 13.0. The van der Waals surface area contributed by atoms with Crippen LogP contribution in [0.3, 0.4) is 0 Å². The first kappa shape index (κ1) is 14.0. The van der Waals surface area contributed by atoms with Crippen molar-refractivity contribution in [2.45, 2.75) is 46.1 Å². The zero-order valence-electron chi connectivity index (χ0n) is 11.9. The van der Waals surface area contributed by atoms with E-state index in [2.05, 4.69) is 45.1 Å². The first-order valence-electron chi connectivity index (χ1n) is 6.32. The molecule has 1 aromatic rings. The van der Waals surface area contributed by atoms with E-state index in [1.54, 1.807) is 7.11 Å². The van der Waals surface area contributed by atoms with E-state index in [4.69, 9.17) is 4.74 Å². The smallest absolute Gasteiger partial charge is 0.122 e. The molecule has 1 rings (SSSR count). The third-order valence-electron chi connectivity index (χ3n) is 3.51. The molecule has 17 heavy (non-hydrogen) atoms. The van der Waals surface area contributed by atoms with E-state index in [-0.39, 0.29) is 0 Å². The van der Waals surface area contributed by atoms with Crippen LogP contribution in [0.5, 0.6) is 5.75 Å². The molecule has 96 valence electrons. The summed E-state index contributed by atoms with van der Waals surface area (Å²) in [4.78, 5) is 0. The maximum atomic E-state index is 5.35. The quantitative estimate of drug-likeness (QED) is 0.844. The number of ether oxygens (including phenoxy) is 1. The molecule has 1 N–H and O–H groups in total. The molecule has 0 aliphatic rings. The number of hydrogen-bond donors (Lipinski definition) is 1. The minimum absolute atomic E-state index is 0.548. The van der Waals surface area contributed by atoms with Crippen LogP contribution in [0.1, 0.15) is 42.9 Å². The van der Waals surface area contributed by atoms with Crippen molar-refractivity contribution in [3.8, 4) is 5.75 Å². The van der Waals surface area contributed by atoms with Crippen molar-refractivity contribution in [1.29, 1.82) is 0 Å². The third-order valence-corrected chi connectivity index (χ3v) is 3.51. The van der Waals surface area contributed by atoms with Crippen molar-refractivity contribution in [3.05, 3.63) is 28.8 Å². The molecule has 0 bridgehead atoms. The number of benzene rings is 1. The van der Waals surface area contributed by atoms with E-state index in [9.17, 15) is 0 Å². The molecule has 0 aromatic heterocycles. The normalized spacial score (nSPS) is 14.5. The fourth-order valence-electron chi connectivity index (χ4n) is 2.34. The number of aryl methyl sites for hydroxylation is 2. The maximum Gasteiger partial charge on any atom is 0.122 e. The predicted octanol–water partition coefficient (Wildman–Crippen LogP) is 3.41. The van der Waals surface area contributed by atoms with Gasteiger partial charge >= 0.3 is 0 Å². The fourth-order valence-corrected chi connectivity index (χ4v) is 2.34. The van der Waals surface area contributed by atoms with Crippen LogP contribution in [0.15, 0.2) is 12.1 Å². The Balaban J connectivity index is 2.94. The van der Waals surface area contributed by atoms with Crippen LogP contribution < -0.4 is 10.1 Å². The lowest BCUT2D eigenvalue weighted by molar-refractivity contribution is 0.411. The summed E-state index contributed by atoms with van der Waals surface area (Å²) in [5.74, 6) is 1.56. The van der Waals surface area contributed by atoms with Crippen LogP contribution in [-0.2, 0) is 0 Å². The van der Waals surface area contributed by atoms with Crippen LogP contribution in [0, 0.1) is 13.8 Å². The lowest BCUT2D eigenvalue weighted by Crippen LogP contribution is -2.23. The molecule has 0 aliphatic carbocycles. The molecule has 0 radical (unpaired) electrons. The van der Waals surface area contributed by atoms with E-state index in [0.717, 1.165) is 12.2 Å². The van der Waals surface area contributed by atoms with Gasteiger partial charge < -0.3 is 10.1 Å². The van der Waals surface area contributed by atoms with Gasteiger partial charge in [-0.3, -0.25) is 0 Å². The molecule has 0 amide bonds. The number of nitrogens with one attached hydrogen (secondary N) is 1. The molecule has 2 unspecified atom stereocenters. The Bertz CT molecular complexity index is 373. The average Bonchev–Trinajstić information content (AvgIpc) is 2.31. The Morgan fingerprint density at radius 2 is 1.82 bits per heavy atom. The van der Waals surface area contributed by atoms with Gasteiger partial charge in [0.15, 0.2) is 0 Å². The standard InChI is InChI=1S/C15H25NO/c1-10(7-13(4)16-5)14-8-12(3)15(17-6)9-11(14)2/h8-10,13,16H,7H2,1-6H3. The number of methoxy groups -OCH3 is 1. The van der Waals surface area contributed by atoms with Gasteiger partial charge in [-0.1, -0.05) is 13.0 Å². The molecular weight excluding hydrogens is 210 g/mol. The molecule has 0 spiro atoms. The van der Waals surface area contributed by atoms with E-state index >= 15 is 0 Å². The SMILES string of the molecule is CNC(C)CC(C)c1cc(C)c(OC)cc1C. The summed E-state index contributed by atoms with van der Waals surface area (Å²) in [6.07, 6.45) is 1.16. The van der Waals surface area contributed by atoms with Gasteiger partial charge in [-0.05, 0) is 62.9 Å². The van der Waals surface area contributed by atoms with Crippen molar-refractivity contribution in [2.75, 3.05) is 14.2 Å². The summed E-state index contributed by atoms with van der Waals surface area (Å²) < 4.78 is 5.35. The van der Waals surface area contributed by atoms with Crippen molar-refractivity contribution in [3.63, 3.8) is 0 Å². The molecular formula is C15H25NO. The summed E-state index contributed by atoms with van der Waals surface area (Å²) in [6, 6.07) is 4.96. The summed E-state index contributed by atoms with van der Waals surface area (Å²) in [7, 11) is 3.75. The Labute approximate surface area is 105 Å². The van der Waals surface area contributed by atoms with Gasteiger partial charge in [0.2, 0.25) is 0 Å². The van der Waals surface area contributed by atoms with Gasteiger partial charge in [0.25, 0.3) is 0 Å². The lowest BCUT2D eigenvalue weighted by Gasteiger charge is -2.20. The maximum absolute atomic E-state index is 5.35. The van der Waals surface area contributed by atoms with E-state index < -0.39 is 0 Å². The topological polar surface area (TPSA) is 21.3 Å². The molecule has 2 heteroatoms. The highest BCUT2D eigenvalue weighted by atomic mass is 16.5. The second-order valence-electron chi connectivity index (χ2n) is 5.00. The van der Waals surface area contributed by atoms with Gasteiger partial charge in [-0.15, -0.1) is 0 Å². The summed E-state index contributed by atoms with van der Waals surface area (Å²) in [5, 5.41) is 3.30. The molecule has 2 atom stereocenters. The lowest BCUT2D eigenvalue weighted by atomic mass is 9.90. The minimum atomic E-state index is 0.548. The summed E-state index contributed by atoms with van der Waals surface area (Å²) in [6.45, 7) is 8.79. The van der Waals surface area contributed by atoms with Crippen LogP contribution >= 0.6 is 0 Å². The molecule has 1 aromatic carbocycles. The molecule has 0 saturated heterocycles. The largest absolute Gasteiger partial charge is 0.496 e. The molecule has 2 nitrogen and oxygen atoms in total. The summed E-state index contributed by atoms with van der Waals surface area (Å²) >= 11 is 0. The zero-order valence-corrected chi connectivity index (χ0v) is 11.9. The predicted molar refractivity (Wildman–Crippen MR) is 74.0 cm³/mol. The highest BCUT2D eigenvalue weighted by molar-refractivity contribution is 5.42. The molecule has 0 aliphatic heterocycles. The highest BCUT2D eigenvalue weighted by Crippen LogP contribution is 2.29. The van der Waals surface area contributed by atoms with Gasteiger partial charge in [0.1, 0.15) is 5.75 Å². The summed E-state index contributed by atoms with van der Waals surface area (Å²) in [5.41, 5.74) is 3.98. The van der Waals surface area contributed by atoms with Crippen LogP contribution in [0.2, 0.25) is 0 Å².